The number of hydrogen-bond acceptors (Lipinski definition) is 3. The number of carbonyl (C=O) groups is 2. The fraction of sp³-hybridized carbons (Fsp3) is 0.200. The minimum absolute atomic E-state index is 0.00440. The van der Waals surface area contributed by atoms with Crippen molar-refractivity contribution >= 4 is 12.1 Å². The Bertz CT molecular complexity index is 1150. The van der Waals surface area contributed by atoms with E-state index in [0.29, 0.717) is 0 Å². The summed E-state index contributed by atoms with van der Waals surface area (Å²) >= 11 is 0. The fourth-order valence-electron chi connectivity index (χ4n) is 4.08. The van der Waals surface area contributed by atoms with Crippen LogP contribution in [0.2, 0.25) is 0 Å². The molecule has 0 aromatic heterocycles. The van der Waals surface area contributed by atoms with Crippen LogP contribution in [-0.2, 0) is 16.0 Å². The van der Waals surface area contributed by atoms with Crippen LogP contribution in [0.15, 0.2) is 60.7 Å². The summed E-state index contributed by atoms with van der Waals surface area (Å²) in [7, 11) is 0. The van der Waals surface area contributed by atoms with Crippen molar-refractivity contribution in [2.45, 2.75) is 25.3 Å². The van der Waals surface area contributed by atoms with E-state index in [1.807, 2.05) is 48.5 Å². The first kappa shape index (κ1) is 21.5. The minimum atomic E-state index is -1.43. The average molecular weight is 437 g/mol. The van der Waals surface area contributed by atoms with Crippen LogP contribution in [0.5, 0.6) is 0 Å². The molecule has 1 amide bonds. The minimum Gasteiger partial charge on any atom is -0.480 e. The van der Waals surface area contributed by atoms with Crippen molar-refractivity contribution < 1.29 is 28.2 Å². The molecule has 32 heavy (non-hydrogen) atoms. The van der Waals surface area contributed by atoms with Crippen LogP contribution in [-0.4, -0.2) is 29.8 Å². The summed E-state index contributed by atoms with van der Waals surface area (Å²) in [6.45, 7) is 1.29. The SMILES string of the molecule is Cc1c(F)ccc(CC(NC(=O)OCC2c3ccccc3-c3ccccc32)C(=O)O)c1F. The molecular weight excluding hydrogens is 416 g/mol. The molecule has 1 atom stereocenters. The highest BCUT2D eigenvalue weighted by molar-refractivity contribution is 5.81. The van der Waals surface area contributed by atoms with E-state index < -0.39 is 29.7 Å². The molecule has 1 aliphatic rings. The first-order chi connectivity index (χ1) is 15.4. The molecule has 0 fully saturated rings. The summed E-state index contributed by atoms with van der Waals surface area (Å²) in [5, 5.41) is 11.7. The largest absolute Gasteiger partial charge is 0.480 e. The molecule has 0 heterocycles. The van der Waals surface area contributed by atoms with Gasteiger partial charge in [0.2, 0.25) is 0 Å². The number of rotatable bonds is 6. The van der Waals surface area contributed by atoms with E-state index in [2.05, 4.69) is 5.32 Å². The van der Waals surface area contributed by atoms with Crippen LogP contribution in [0.4, 0.5) is 13.6 Å². The third-order valence-electron chi connectivity index (χ3n) is 5.76. The predicted octanol–water partition coefficient (Wildman–Crippen LogP) is 4.81. The summed E-state index contributed by atoms with van der Waals surface area (Å²) in [6.07, 6.45) is -1.26. The molecule has 2 N–H and O–H groups in total. The third kappa shape index (κ3) is 4.06. The van der Waals surface area contributed by atoms with E-state index in [-0.39, 0.29) is 30.1 Å². The molecule has 0 saturated carbocycles. The van der Waals surface area contributed by atoms with Gasteiger partial charge in [-0.1, -0.05) is 54.6 Å². The van der Waals surface area contributed by atoms with Gasteiger partial charge >= 0.3 is 12.1 Å². The Morgan fingerprint density at radius 3 is 2.19 bits per heavy atom. The number of alkyl carbamates (subject to hydrolysis) is 1. The van der Waals surface area contributed by atoms with Gasteiger partial charge in [0.05, 0.1) is 0 Å². The van der Waals surface area contributed by atoms with Crippen LogP contribution in [0.3, 0.4) is 0 Å². The number of carboxylic acid groups (broad SMARTS) is 1. The van der Waals surface area contributed by atoms with Crippen molar-refractivity contribution in [2.24, 2.45) is 0 Å². The molecule has 7 heteroatoms. The number of aliphatic carboxylic acids is 1. The van der Waals surface area contributed by atoms with Gasteiger partial charge in [0.1, 0.15) is 24.3 Å². The van der Waals surface area contributed by atoms with Crippen LogP contribution >= 0.6 is 0 Å². The number of halogens is 2. The van der Waals surface area contributed by atoms with Gasteiger partial charge in [-0.05, 0) is 40.8 Å². The molecule has 0 aliphatic heterocycles. The number of hydrogen-bond donors (Lipinski definition) is 2. The highest BCUT2D eigenvalue weighted by atomic mass is 19.1. The lowest BCUT2D eigenvalue weighted by Crippen LogP contribution is -2.43. The van der Waals surface area contributed by atoms with Crippen molar-refractivity contribution in [3.05, 3.63) is 94.6 Å². The molecule has 0 saturated heterocycles. The Labute approximate surface area is 183 Å². The molecule has 4 rings (SSSR count). The number of nitrogens with one attached hydrogen (secondary N) is 1. The van der Waals surface area contributed by atoms with E-state index in [4.69, 9.17) is 4.74 Å². The van der Waals surface area contributed by atoms with E-state index in [0.717, 1.165) is 28.3 Å². The van der Waals surface area contributed by atoms with Crippen LogP contribution in [0, 0.1) is 18.6 Å². The molecule has 1 unspecified atom stereocenters. The molecule has 1 aliphatic carbocycles. The smallest absolute Gasteiger partial charge is 0.407 e. The zero-order valence-corrected chi connectivity index (χ0v) is 17.3. The number of ether oxygens (including phenoxy) is 1. The molecule has 0 spiro atoms. The lowest BCUT2D eigenvalue weighted by atomic mass is 9.98. The topological polar surface area (TPSA) is 75.6 Å². The van der Waals surface area contributed by atoms with E-state index in [1.165, 1.54) is 13.0 Å². The lowest BCUT2D eigenvalue weighted by Gasteiger charge is -2.18. The van der Waals surface area contributed by atoms with Gasteiger partial charge in [0.25, 0.3) is 0 Å². The monoisotopic (exact) mass is 437 g/mol. The first-order valence-corrected chi connectivity index (χ1v) is 10.1. The van der Waals surface area contributed by atoms with Crippen molar-refractivity contribution in [1.82, 2.24) is 5.32 Å². The zero-order chi connectivity index (χ0) is 22.8. The normalized spacial score (nSPS) is 13.2. The highest BCUT2D eigenvalue weighted by Crippen LogP contribution is 2.44. The maximum absolute atomic E-state index is 14.3. The molecule has 164 valence electrons. The van der Waals surface area contributed by atoms with Crippen molar-refractivity contribution in [3.63, 3.8) is 0 Å². The Balaban J connectivity index is 1.45. The van der Waals surface area contributed by atoms with Gasteiger partial charge in [0.15, 0.2) is 0 Å². The van der Waals surface area contributed by atoms with E-state index in [9.17, 15) is 23.5 Å². The Hall–Kier alpha value is -3.74. The van der Waals surface area contributed by atoms with Gasteiger partial charge in [-0.2, -0.15) is 0 Å². The maximum atomic E-state index is 14.3. The van der Waals surface area contributed by atoms with Crippen molar-refractivity contribution in [3.8, 4) is 11.1 Å². The van der Waals surface area contributed by atoms with Gasteiger partial charge in [-0.15, -0.1) is 0 Å². The van der Waals surface area contributed by atoms with Gasteiger partial charge in [0, 0.05) is 17.9 Å². The summed E-state index contributed by atoms with van der Waals surface area (Å²) in [5.41, 5.74) is 3.99. The fourth-order valence-corrected chi connectivity index (χ4v) is 4.08. The summed E-state index contributed by atoms with van der Waals surface area (Å²) < 4.78 is 33.1. The quantitative estimate of drug-likeness (QED) is 0.581. The number of carbonyl (C=O) groups excluding carboxylic acids is 1. The van der Waals surface area contributed by atoms with Crippen LogP contribution in [0.25, 0.3) is 11.1 Å². The van der Waals surface area contributed by atoms with Gasteiger partial charge in [-0.3, -0.25) is 0 Å². The van der Waals surface area contributed by atoms with E-state index >= 15 is 0 Å². The first-order valence-electron chi connectivity index (χ1n) is 10.1. The van der Waals surface area contributed by atoms with Crippen molar-refractivity contribution in [2.75, 3.05) is 6.61 Å². The second kappa shape index (κ2) is 8.78. The second-order valence-corrected chi connectivity index (χ2v) is 7.71. The van der Waals surface area contributed by atoms with E-state index in [1.54, 1.807) is 0 Å². The highest BCUT2D eigenvalue weighted by Gasteiger charge is 2.30. The predicted molar refractivity (Wildman–Crippen MR) is 114 cm³/mol. The van der Waals surface area contributed by atoms with Crippen LogP contribution in [0.1, 0.15) is 28.2 Å². The number of benzene rings is 3. The molecule has 3 aromatic rings. The number of fused-ring (bicyclic) bond motifs is 3. The Morgan fingerprint density at radius 2 is 1.59 bits per heavy atom. The molecule has 0 radical (unpaired) electrons. The second-order valence-electron chi connectivity index (χ2n) is 7.71. The molecule has 3 aromatic carbocycles. The molecule has 5 nitrogen and oxygen atoms in total. The summed E-state index contributed by atoms with van der Waals surface area (Å²) in [5.74, 6) is -3.07. The van der Waals surface area contributed by atoms with Gasteiger partial charge < -0.3 is 15.2 Å². The summed E-state index contributed by atoms with van der Waals surface area (Å²) in [4.78, 5) is 24.0. The van der Waals surface area contributed by atoms with Crippen LogP contribution < -0.4 is 5.32 Å². The Morgan fingerprint density at radius 1 is 1.00 bits per heavy atom. The molecule has 0 bridgehead atoms. The van der Waals surface area contributed by atoms with Crippen molar-refractivity contribution in [1.29, 1.82) is 0 Å². The maximum Gasteiger partial charge on any atom is 0.407 e. The number of carboxylic acids is 1. The lowest BCUT2D eigenvalue weighted by molar-refractivity contribution is -0.139. The zero-order valence-electron chi connectivity index (χ0n) is 17.3. The number of amides is 1. The standard InChI is InChI=1S/C25H21F2NO4/c1-14-21(26)11-10-15(23(14)27)12-22(24(29)30)28-25(31)32-13-20-18-8-4-2-6-16(18)17-7-3-5-9-19(17)20/h2-11,20,22H,12-13H2,1H3,(H,28,31)(H,29,30). The summed E-state index contributed by atoms with van der Waals surface area (Å²) in [6, 6.07) is 16.5. The average Bonchev–Trinajstić information content (AvgIpc) is 3.11. The molecular formula is C25H21F2NO4. The Kier molecular flexibility index (Phi) is 5.90. The van der Waals surface area contributed by atoms with Gasteiger partial charge in [-0.25, -0.2) is 18.4 Å². The third-order valence-corrected chi connectivity index (χ3v) is 5.76.